The van der Waals surface area contributed by atoms with E-state index in [1.54, 1.807) is 0 Å². The molecule has 1 N–H and O–H groups in total. The first kappa shape index (κ1) is 18.0. The fourth-order valence-electron chi connectivity index (χ4n) is 4.72. The van der Waals surface area contributed by atoms with E-state index in [2.05, 4.69) is 36.1 Å². The first-order valence-corrected chi connectivity index (χ1v) is 9.93. The largest absolute Gasteiger partial charge is 0.381 e. The Kier molecular flexibility index (Phi) is 6.03. The monoisotopic (exact) mass is 336 g/mol. The van der Waals surface area contributed by atoms with Crippen LogP contribution in [0, 0.1) is 11.8 Å². The molecule has 0 aromatic carbocycles. The molecule has 138 valence electrons. The molecule has 1 aliphatic carbocycles. The first-order valence-electron chi connectivity index (χ1n) is 9.93. The Bertz CT molecular complexity index is 417. The quantitative estimate of drug-likeness (QED) is 0.631. The maximum Gasteiger partial charge on any atom is 0.193 e. The minimum atomic E-state index is 0.158. The highest BCUT2D eigenvalue weighted by Crippen LogP contribution is 2.36. The van der Waals surface area contributed by atoms with Crippen molar-refractivity contribution >= 4 is 5.96 Å². The zero-order valence-corrected chi connectivity index (χ0v) is 15.9. The average molecular weight is 337 g/mol. The van der Waals surface area contributed by atoms with Gasteiger partial charge in [0.2, 0.25) is 0 Å². The van der Waals surface area contributed by atoms with E-state index in [0.29, 0.717) is 0 Å². The van der Waals surface area contributed by atoms with E-state index < -0.39 is 0 Å². The third kappa shape index (κ3) is 3.88. The van der Waals surface area contributed by atoms with Crippen molar-refractivity contribution in [2.45, 2.75) is 51.0 Å². The fraction of sp³-hybridized carbons (Fsp3) is 0.947. The summed E-state index contributed by atoms with van der Waals surface area (Å²) in [6, 6.07) is 0. The van der Waals surface area contributed by atoms with Crippen LogP contribution in [0.4, 0.5) is 0 Å². The Morgan fingerprint density at radius 2 is 1.79 bits per heavy atom. The number of rotatable bonds is 4. The number of likely N-dealkylation sites (tertiary alicyclic amines) is 1. The topological polar surface area (TPSA) is 40.1 Å². The lowest BCUT2D eigenvalue weighted by molar-refractivity contribution is -0.00263. The van der Waals surface area contributed by atoms with E-state index in [1.165, 1.54) is 38.8 Å². The summed E-state index contributed by atoms with van der Waals surface area (Å²) in [5, 5.41) is 3.56. The van der Waals surface area contributed by atoms with Crippen LogP contribution in [0.5, 0.6) is 0 Å². The second kappa shape index (κ2) is 8.05. The summed E-state index contributed by atoms with van der Waals surface area (Å²) < 4.78 is 5.59. The molecular weight excluding hydrogens is 300 g/mol. The molecule has 24 heavy (non-hydrogen) atoms. The van der Waals surface area contributed by atoms with E-state index in [0.717, 1.165) is 56.9 Å². The van der Waals surface area contributed by atoms with E-state index in [-0.39, 0.29) is 5.54 Å². The number of nitrogens with one attached hydrogen (secondary N) is 1. The van der Waals surface area contributed by atoms with Gasteiger partial charge < -0.3 is 19.9 Å². The second-order valence-electron chi connectivity index (χ2n) is 8.11. The Labute approximate surface area is 147 Å². The maximum absolute atomic E-state index is 5.59. The Morgan fingerprint density at radius 1 is 1.17 bits per heavy atom. The van der Waals surface area contributed by atoms with Crippen LogP contribution in [0.2, 0.25) is 0 Å². The third-order valence-electron chi connectivity index (χ3n) is 6.51. The molecule has 0 spiro atoms. The van der Waals surface area contributed by atoms with Gasteiger partial charge in [-0.25, -0.2) is 0 Å². The lowest BCUT2D eigenvalue weighted by Gasteiger charge is -2.42. The second-order valence-corrected chi connectivity index (χ2v) is 8.11. The molecule has 0 aromatic heterocycles. The lowest BCUT2D eigenvalue weighted by atomic mass is 9.82. The number of aliphatic imine (C=N–C) groups is 1. The minimum absolute atomic E-state index is 0.158. The summed E-state index contributed by atoms with van der Waals surface area (Å²) in [4.78, 5) is 10.0. The van der Waals surface area contributed by atoms with E-state index in [1.807, 2.05) is 0 Å². The van der Waals surface area contributed by atoms with Crippen LogP contribution in [0.15, 0.2) is 4.99 Å². The molecule has 2 aliphatic heterocycles. The molecule has 2 atom stereocenters. The smallest absolute Gasteiger partial charge is 0.193 e. The predicted molar refractivity (Wildman–Crippen MR) is 99.5 cm³/mol. The molecule has 3 fully saturated rings. The van der Waals surface area contributed by atoms with Crippen molar-refractivity contribution in [2.24, 2.45) is 16.8 Å². The van der Waals surface area contributed by atoms with Gasteiger partial charge in [0.05, 0.1) is 6.54 Å². The molecule has 1 saturated carbocycles. The molecule has 2 saturated heterocycles. The first-order chi connectivity index (χ1) is 11.6. The van der Waals surface area contributed by atoms with E-state index >= 15 is 0 Å². The van der Waals surface area contributed by atoms with Gasteiger partial charge in [0.15, 0.2) is 5.96 Å². The van der Waals surface area contributed by atoms with Gasteiger partial charge in [0.1, 0.15) is 0 Å². The minimum Gasteiger partial charge on any atom is -0.381 e. The third-order valence-corrected chi connectivity index (χ3v) is 6.51. The van der Waals surface area contributed by atoms with E-state index in [9.17, 15) is 0 Å². The Morgan fingerprint density at radius 3 is 2.33 bits per heavy atom. The summed E-state index contributed by atoms with van der Waals surface area (Å²) in [6.07, 6.45) is 7.83. The van der Waals surface area contributed by atoms with Crippen LogP contribution in [0.1, 0.15) is 45.4 Å². The highest BCUT2D eigenvalue weighted by molar-refractivity contribution is 5.80. The van der Waals surface area contributed by atoms with Gasteiger partial charge in [-0.2, -0.15) is 0 Å². The molecule has 0 radical (unpaired) electrons. The molecule has 0 aromatic rings. The zero-order chi connectivity index (χ0) is 17.0. The molecule has 0 amide bonds. The molecule has 5 heteroatoms. The van der Waals surface area contributed by atoms with Gasteiger partial charge >= 0.3 is 0 Å². The van der Waals surface area contributed by atoms with Crippen molar-refractivity contribution in [1.29, 1.82) is 0 Å². The maximum atomic E-state index is 5.59. The highest BCUT2D eigenvalue weighted by atomic mass is 16.5. The molecule has 3 aliphatic rings. The van der Waals surface area contributed by atoms with Gasteiger partial charge in [-0.15, -0.1) is 0 Å². The van der Waals surface area contributed by atoms with Crippen LogP contribution in [-0.4, -0.2) is 74.8 Å². The molecule has 2 unspecified atom stereocenters. The number of nitrogens with zero attached hydrogens (tertiary/aromatic N) is 3. The van der Waals surface area contributed by atoms with Crippen LogP contribution in [-0.2, 0) is 4.74 Å². The van der Waals surface area contributed by atoms with Gasteiger partial charge in [-0.3, -0.25) is 4.99 Å². The summed E-state index contributed by atoms with van der Waals surface area (Å²) in [5.74, 6) is 2.93. The number of fused-ring (bicyclic) bond motifs is 1. The summed E-state index contributed by atoms with van der Waals surface area (Å²) in [6.45, 7) is 8.12. The van der Waals surface area contributed by atoms with Crippen molar-refractivity contribution in [3.05, 3.63) is 0 Å². The summed E-state index contributed by atoms with van der Waals surface area (Å²) in [7, 11) is 4.39. The predicted octanol–water partition coefficient (Wildman–Crippen LogP) is 2.18. The molecule has 5 nitrogen and oxygen atoms in total. The van der Waals surface area contributed by atoms with Gasteiger partial charge in [0.25, 0.3) is 0 Å². The number of likely N-dealkylation sites (N-methyl/N-ethyl adjacent to an activating group) is 1. The molecule has 0 bridgehead atoms. The molecule has 3 rings (SSSR count). The number of guanidine groups is 1. The zero-order valence-electron chi connectivity index (χ0n) is 15.9. The Hall–Kier alpha value is -0.810. The molecular formula is C19H36N4O. The van der Waals surface area contributed by atoms with Crippen molar-refractivity contribution in [1.82, 2.24) is 15.1 Å². The van der Waals surface area contributed by atoms with Crippen LogP contribution >= 0.6 is 0 Å². The highest BCUT2D eigenvalue weighted by Gasteiger charge is 2.37. The standard InChI is InChI=1S/C19H36N4O/c1-4-20-18(23-13-16-7-5-6-8-17(16)14-23)21-15-19(22(2)3)9-11-24-12-10-19/h16-17H,4-15H2,1-3H3,(H,20,21). The van der Waals surface area contributed by atoms with Crippen molar-refractivity contribution in [2.75, 3.05) is 53.5 Å². The Balaban J connectivity index is 1.69. The van der Waals surface area contributed by atoms with Crippen LogP contribution in [0.25, 0.3) is 0 Å². The number of hydrogen-bond acceptors (Lipinski definition) is 3. The summed E-state index contributed by atoms with van der Waals surface area (Å²) >= 11 is 0. The average Bonchev–Trinajstić information content (AvgIpc) is 3.03. The SMILES string of the molecule is CCNC(=NCC1(N(C)C)CCOCC1)N1CC2CCCCC2C1. The van der Waals surface area contributed by atoms with Gasteiger partial charge in [0, 0.05) is 38.4 Å². The van der Waals surface area contributed by atoms with Gasteiger partial charge in [-0.1, -0.05) is 12.8 Å². The van der Waals surface area contributed by atoms with Gasteiger partial charge in [-0.05, 0) is 58.5 Å². The lowest BCUT2D eigenvalue weighted by Crippen LogP contribution is -2.52. The van der Waals surface area contributed by atoms with Crippen molar-refractivity contribution < 1.29 is 4.74 Å². The normalized spacial score (nSPS) is 30.5. The summed E-state index contributed by atoms with van der Waals surface area (Å²) in [5.41, 5.74) is 0.158. The molecule has 2 heterocycles. The van der Waals surface area contributed by atoms with E-state index in [4.69, 9.17) is 9.73 Å². The van der Waals surface area contributed by atoms with Crippen LogP contribution in [0.3, 0.4) is 0 Å². The number of ether oxygens (including phenoxy) is 1. The fourth-order valence-corrected chi connectivity index (χ4v) is 4.72. The number of hydrogen-bond donors (Lipinski definition) is 1. The van der Waals surface area contributed by atoms with Crippen molar-refractivity contribution in [3.8, 4) is 0 Å². The van der Waals surface area contributed by atoms with Crippen LogP contribution < -0.4 is 5.32 Å². The van der Waals surface area contributed by atoms with Crippen molar-refractivity contribution in [3.63, 3.8) is 0 Å².